The third-order valence-electron chi connectivity index (χ3n) is 3.17. The van der Waals surface area contributed by atoms with Gasteiger partial charge in [-0.3, -0.25) is 9.59 Å². The zero-order valence-electron chi connectivity index (χ0n) is 11.8. The topological polar surface area (TPSA) is 95.1 Å². The second kappa shape index (κ2) is 7.42. The number of hydrogen-bond acceptors (Lipinski definition) is 3. The number of fused-ring (bicyclic) bond motifs is 1. The number of aromatic nitrogens is 2. The van der Waals surface area contributed by atoms with Crippen molar-refractivity contribution >= 4 is 22.9 Å². The lowest BCUT2D eigenvalue weighted by molar-refractivity contribution is -0.137. The smallest absolute Gasteiger partial charge is 0.303 e. The number of H-pyrrole nitrogens is 1. The molecule has 6 nitrogen and oxygen atoms in total. The number of carboxylic acids is 1. The van der Waals surface area contributed by atoms with E-state index < -0.39 is 5.97 Å². The molecule has 1 amide bonds. The number of hydrogen-bond donors (Lipinski definition) is 3. The summed E-state index contributed by atoms with van der Waals surface area (Å²) in [6.07, 6.45) is 2.35. The third kappa shape index (κ3) is 4.91. The largest absolute Gasteiger partial charge is 0.481 e. The summed E-state index contributed by atoms with van der Waals surface area (Å²) in [5.74, 6) is -0.0331. The Labute approximate surface area is 122 Å². The molecule has 0 saturated carbocycles. The molecule has 21 heavy (non-hydrogen) atoms. The van der Waals surface area contributed by atoms with Gasteiger partial charge in [0.05, 0.1) is 11.0 Å². The van der Waals surface area contributed by atoms with Crippen LogP contribution in [0.1, 0.15) is 31.5 Å². The van der Waals surface area contributed by atoms with Crippen LogP contribution in [0.25, 0.3) is 11.0 Å². The van der Waals surface area contributed by atoms with E-state index in [1.165, 1.54) is 0 Å². The first-order valence-corrected chi connectivity index (χ1v) is 7.07. The monoisotopic (exact) mass is 289 g/mol. The van der Waals surface area contributed by atoms with E-state index in [1.54, 1.807) is 0 Å². The number of amides is 1. The van der Waals surface area contributed by atoms with Crippen molar-refractivity contribution < 1.29 is 14.7 Å². The van der Waals surface area contributed by atoms with Gasteiger partial charge in [0.2, 0.25) is 5.91 Å². The Balaban J connectivity index is 1.67. The molecule has 0 spiro atoms. The number of carbonyl (C=O) groups excluding carboxylic acids is 1. The average Bonchev–Trinajstić information content (AvgIpc) is 2.87. The van der Waals surface area contributed by atoms with E-state index in [1.807, 2.05) is 24.3 Å². The number of carboxylic acid groups (broad SMARTS) is 1. The Kier molecular flexibility index (Phi) is 5.31. The first-order chi connectivity index (χ1) is 10.1. The summed E-state index contributed by atoms with van der Waals surface area (Å²) in [7, 11) is 0. The number of unbranched alkanes of at least 4 members (excludes halogenated alkanes) is 1. The number of aliphatic carboxylic acids is 1. The lowest BCUT2D eigenvalue weighted by Gasteiger charge is -2.03. The molecule has 3 N–H and O–H groups in total. The molecule has 0 aliphatic heterocycles. The maximum Gasteiger partial charge on any atom is 0.303 e. The number of nitrogens with zero attached hydrogens (tertiary/aromatic N) is 1. The number of nitrogens with one attached hydrogen (secondary N) is 2. The summed E-state index contributed by atoms with van der Waals surface area (Å²) >= 11 is 0. The van der Waals surface area contributed by atoms with E-state index in [0.717, 1.165) is 16.9 Å². The quantitative estimate of drug-likeness (QED) is 0.646. The predicted molar refractivity (Wildman–Crippen MR) is 78.9 cm³/mol. The van der Waals surface area contributed by atoms with Crippen molar-refractivity contribution in [3.8, 4) is 0 Å². The summed E-state index contributed by atoms with van der Waals surface area (Å²) in [4.78, 5) is 29.6. The minimum absolute atomic E-state index is 0.0363. The Morgan fingerprint density at radius 1 is 1.19 bits per heavy atom. The number of aromatic amines is 1. The number of rotatable bonds is 8. The van der Waals surface area contributed by atoms with Crippen LogP contribution < -0.4 is 5.32 Å². The highest BCUT2D eigenvalue weighted by Gasteiger charge is 2.06. The van der Waals surface area contributed by atoms with Gasteiger partial charge in [-0.2, -0.15) is 0 Å². The Bertz CT molecular complexity index is 588. The van der Waals surface area contributed by atoms with Gasteiger partial charge >= 0.3 is 5.97 Å². The Morgan fingerprint density at radius 2 is 2.00 bits per heavy atom. The predicted octanol–water partition coefficient (Wildman–Crippen LogP) is 1.87. The van der Waals surface area contributed by atoms with Crippen LogP contribution in [-0.4, -0.2) is 33.5 Å². The van der Waals surface area contributed by atoms with Gasteiger partial charge in [0, 0.05) is 25.8 Å². The summed E-state index contributed by atoms with van der Waals surface area (Å²) in [6.45, 7) is 0.520. The van der Waals surface area contributed by atoms with Crippen LogP contribution in [0.15, 0.2) is 24.3 Å². The van der Waals surface area contributed by atoms with Gasteiger partial charge in [0.15, 0.2) is 0 Å². The lowest BCUT2D eigenvalue weighted by Crippen LogP contribution is -2.24. The fourth-order valence-electron chi connectivity index (χ4n) is 2.07. The summed E-state index contributed by atoms with van der Waals surface area (Å²) in [5, 5.41) is 11.3. The molecule has 1 aromatic carbocycles. The van der Waals surface area contributed by atoms with E-state index in [2.05, 4.69) is 15.3 Å². The van der Waals surface area contributed by atoms with Crippen LogP contribution in [0, 0.1) is 0 Å². The maximum absolute atomic E-state index is 11.7. The summed E-state index contributed by atoms with van der Waals surface area (Å²) in [5.41, 5.74) is 1.88. The number of carbonyl (C=O) groups is 2. The minimum Gasteiger partial charge on any atom is -0.481 e. The van der Waals surface area contributed by atoms with E-state index in [-0.39, 0.29) is 12.3 Å². The molecule has 0 bridgehead atoms. The molecule has 112 valence electrons. The Hall–Kier alpha value is -2.37. The van der Waals surface area contributed by atoms with Crippen LogP contribution >= 0.6 is 0 Å². The van der Waals surface area contributed by atoms with Crippen LogP contribution in [-0.2, 0) is 16.0 Å². The SMILES string of the molecule is O=C(O)CCCCNC(=O)CCc1nc2ccccc2[nH]1. The second-order valence-corrected chi connectivity index (χ2v) is 4.90. The van der Waals surface area contributed by atoms with Gasteiger partial charge in [-0.1, -0.05) is 12.1 Å². The molecule has 1 aromatic heterocycles. The van der Waals surface area contributed by atoms with Gasteiger partial charge in [-0.05, 0) is 25.0 Å². The van der Waals surface area contributed by atoms with Gasteiger partial charge in [0.25, 0.3) is 0 Å². The van der Waals surface area contributed by atoms with Crippen LogP contribution in [0.3, 0.4) is 0 Å². The molecule has 0 aliphatic rings. The van der Waals surface area contributed by atoms with Crippen molar-refractivity contribution in [3.05, 3.63) is 30.1 Å². The van der Waals surface area contributed by atoms with E-state index in [9.17, 15) is 9.59 Å². The van der Waals surface area contributed by atoms with Gasteiger partial charge < -0.3 is 15.4 Å². The molecule has 0 saturated heterocycles. The number of benzene rings is 1. The van der Waals surface area contributed by atoms with E-state index in [4.69, 9.17) is 5.11 Å². The molecule has 0 radical (unpaired) electrons. The molecule has 2 aromatic rings. The van der Waals surface area contributed by atoms with Crippen LogP contribution in [0.4, 0.5) is 0 Å². The third-order valence-corrected chi connectivity index (χ3v) is 3.17. The van der Waals surface area contributed by atoms with Crippen molar-refractivity contribution in [3.63, 3.8) is 0 Å². The molecule has 0 fully saturated rings. The normalized spacial score (nSPS) is 10.7. The molecule has 0 aliphatic carbocycles. The average molecular weight is 289 g/mol. The fourth-order valence-corrected chi connectivity index (χ4v) is 2.07. The highest BCUT2D eigenvalue weighted by Crippen LogP contribution is 2.11. The molecular formula is C15H19N3O3. The highest BCUT2D eigenvalue weighted by molar-refractivity contribution is 5.77. The first kappa shape index (κ1) is 15.0. The first-order valence-electron chi connectivity index (χ1n) is 7.07. The van der Waals surface area contributed by atoms with Crippen molar-refractivity contribution in [2.24, 2.45) is 0 Å². The van der Waals surface area contributed by atoms with Gasteiger partial charge in [-0.15, -0.1) is 0 Å². The zero-order valence-corrected chi connectivity index (χ0v) is 11.8. The standard InChI is InChI=1S/C15H19N3O3/c19-14(16-10-4-3-7-15(20)21)9-8-13-17-11-5-1-2-6-12(11)18-13/h1-2,5-6H,3-4,7-10H2,(H,16,19)(H,17,18)(H,20,21). The highest BCUT2D eigenvalue weighted by atomic mass is 16.4. The number of aryl methyl sites for hydroxylation is 1. The Morgan fingerprint density at radius 3 is 2.76 bits per heavy atom. The molecule has 0 unspecified atom stereocenters. The summed E-state index contributed by atoms with van der Waals surface area (Å²) in [6, 6.07) is 7.75. The molecule has 2 rings (SSSR count). The van der Waals surface area contributed by atoms with Crippen LogP contribution in [0.5, 0.6) is 0 Å². The van der Waals surface area contributed by atoms with Gasteiger partial charge in [0.1, 0.15) is 5.82 Å². The van der Waals surface area contributed by atoms with Crippen molar-refractivity contribution in [1.82, 2.24) is 15.3 Å². The molecule has 6 heteroatoms. The second-order valence-electron chi connectivity index (χ2n) is 4.90. The van der Waals surface area contributed by atoms with Crippen molar-refractivity contribution in [1.29, 1.82) is 0 Å². The van der Waals surface area contributed by atoms with Crippen molar-refractivity contribution in [2.45, 2.75) is 32.1 Å². The number of para-hydroxylation sites is 2. The molecular weight excluding hydrogens is 270 g/mol. The van der Waals surface area contributed by atoms with E-state index in [0.29, 0.717) is 32.2 Å². The number of imidazole rings is 1. The van der Waals surface area contributed by atoms with Gasteiger partial charge in [-0.25, -0.2) is 4.98 Å². The maximum atomic E-state index is 11.7. The molecule has 1 heterocycles. The lowest BCUT2D eigenvalue weighted by atomic mass is 10.2. The fraction of sp³-hybridized carbons (Fsp3) is 0.400. The minimum atomic E-state index is -0.800. The zero-order chi connectivity index (χ0) is 15.1. The van der Waals surface area contributed by atoms with Crippen LogP contribution in [0.2, 0.25) is 0 Å². The van der Waals surface area contributed by atoms with E-state index >= 15 is 0 Å². The van der Waals surface area contributed by atoms with Crippen molar-refractivity contribution in [2.75, 3.05) is 6.54 Å². The molecule has 0 atom stereocenters. The summed E-state index contributed by atoms with van der Waals surface area (Å²) < 4.78 is 0.